The Kier molecular flexibility index (Phi) is 2.55. The summed E-state index contributed by atoms with van der Waals surface area (Å²) < 4.78 is 0. The number of nitrogens with two attached hydrogens (primary N) is 1. The van der Waals surface area contributed by atoms with E-state index in [0.29, 0.717) is 31.6 Å². The highest BCUT2D eigenvalue weighted by Crippen LogP contribution is 2.29. The molecule has 2 aliphatic heterocycles. The lowest BCUT2D eigenvalue weighted by Crippen LogP contribution is -2.55. The van der Waals surface area contributed by atoms with Crippen molar-refractivity contribution < 1.29 is 9.59 Å². The van der Waals surface area contributed by atoms with Gasteiger partial charge in [-0.3, -0.25) is 10.1 Å². The second kappa shape index (κ2) is 4.11. The largest absolute Gasteiger partial charge is 0.396 e. The number of piperidine rings is 1. The van der Waals surface area contributed by atoms with Gasteiger partial charge in [0.05, 0.1) is 5.69 Å². The number of hydrogen-bond donors (Lipinski definition) is 3. The zero-order valence-corrected chi connectivity index (χ0v) is 10.3. The Labute approximate surface area is 110 Å². The van der Waals surface area contributed by atoms with Crippen molar-refractivity contribution >= 4 is 23.4 Å². The summed E-state index contributed by atoms with van der Waals surface area (Å²) in [7, 11) is 0. The highest BCUT2D eigenvalue weighted by Gasteiger charge is 2.48. The number of nitrogens with one attached hydrogen (secondary N) is 2. The topological polar surface area (TPSA) is 100 Å². The second-order valence-electron chi connectivity index (χ2n) is 4.89. The number of aromatic nitrogens is 1. The molecule has 3 amide bonds. The van der Waals surface area contributed by atoms with E-state index in [1.54, 1.807) is 18.3 Å². The van der Waals surface area contributed by atoms with Crippen LogP contribution in [0.25, 0.3) is 0 Å². The van der Waals surface area contributed by atoms with Crippen LogP contribution < -0.4 is 21.3 Å². The van der Waals surface area contributed by atoms with Gasteiger partial charge in [-0.25, -0.2) is 9.78 Å². The van der Waals surface area contributed by atoms with E-state index in [1.165, 1.54) is 0 Å². The molecule has 0 unspecified atom stereocenters. The molecule has 1 aromatic rings. The molecule has 3 rings (SSSR count). The first kappa shape index (κ1) is 11.8. The molecule has 0 atom stereocenters. The van der Waals surface area contributed by atoms with Gasteiger partial charge in [-0.2, -0.15) is 0 Å². The Hall–Kier alpha value is -2.31. The quantitative estimate of drug-likeness (QED) is 0.610. The molecule has 4 N–H and O–H groups in total. The Morgan fingerprint density at radius 2 is 2.05 bits per heavy atom. The van der Waals surface area contributed by atoms with Gasteiger partial charge in [0.1, 0.15) is 5.54 Å². The van der Waals surface area contributed by atoms with Crippen LogP contribution >= 0.6 is 0 Å². The molecule has 100 valence electrons. The van der Waals surface area contributed by atoms with Crippen LogP contribution in [-0.2, 0) is 4.79 Å². The predicted molar refractivity (Wildman–Crippen MR) is 69.5 cm³/mol. The van der Waals surface area contributed by atoms with Crippen LogP contribution in [-0.4, -0.2) is 35.6 Å². The van der Waals surface area contributed by atoms with Crippen LogP contribution in [0.4, 0.5) is 16.3 Å². The number of pyridine rings is 1. The SMILES string of the molecule is Nc1cccnc1N1CCC2(CC1)NC(=O)NC2=O. The lowest BCUT2D eigenvalue weighted by atomic mass is 9.87. The van der Waals surface area contributed by atoms with Gasteiger partial charge >= 0.3 is 6.03 Å². The van der Waals surface area contributed by atoms with Crippen LogP contribution in [0.2, 0.25) is 0 Å². The van der Waals surface area contributed by atoms with Crippen LogP contribution in [0.15, 0.2) is 18.3 Å². The smallest absolute Gasteiger partial charge is 0.322 e. The Morgan fingerprint density at radius 3 is 2.63 bits per heavy atom. The summed E-state index contributed by atoms with van der Waals surface area (Å²) in [6, 6.07) is 3.18. The maximum absolute atomic E-state index is 11.8. The highest BCUT2D eigenvalue weighted by atomic mass is 16.2. The number of carbonyl (C=O) groups is 2. The van der Waals surface area contributed by atoms with E-state index in [2.05, 4.69) is 15.6 Å². The second-order valence-corrected chi connectivity index (χ2v) is 4.89. The first-order valence-corrected chi connectivity index (χ1v) is 6.20. The molecule has 2 fully saturated rings. The first-order valence-electron chi connectivity index (χ1n) is 6.20. The fourth-order valence-electron chi connectivity index (χ4n) is 2.65. The number of imide groups is 1. The third-order valence-corrected chi connectivity index (χ3v) is 3.75. The van der Waals surface area contributed by atoms with E-state index in [1.807, 2.05) is 4.90 Å². The van der Waals surface area contributed by atoms with E-state index in [0.717, 1.165) is 5.82 Å². The third kappa shape index (κ3) is 1.87. The minimum atomic E-state index is -0.753. The summed E-state index contributed by atoms with van der Waals surface area (Å²) in [5, 5.41) is 5.02. The van der Waals surface area contributed by atoms with Crippen molar-refractivity contribution in [3.8, 4) is 0 Å². The number of carbonyl (C=O) groups excluding carboxylic acids is 2. The number of nitrogen functional groups attached to an aromatic ring is 1. The first-order chi connectivity index (χ1) is 9.11. The molecule has 0 saturated carbocycles. The minimum Gasteiger partial charge on any atom is -0.396 e. The van der Waals surface area contributed by atoms with Crippen molar-refractivity contribution in [2.24, 2.45) is 0 Å². The summed E-state index contributed by atoms with van der Waals surface area (Å²) in [6.07, 6.45) is 2.81. The number of rotatable bonds is 1. The average Bonchev–Trinajstić information content (AvgIpc) is 2.66. The molecule has 0 bridgehead atoms. The molecule has 1 aromatic heterocycles. The summed E-state index contributed by atoms with van der Waals surface area (Å²) in [5.74, 6) is 0.508. The number of amides is 3. The molecule has 7 nitrogen and oxygen atoms in total. The fraction of sp³-hybridized carbons (Fsp3) is 0.417. The molecule has 0 aliphatic carbocycles. The average molecular weight is 261 g/mol. The highest BCUT2D eigenvalue weighted by molar-refractivity contribution is 6.07. The molecule has 2 aliphatic rings. The van der Waals surface area contributed by atoms with E-state index in [4.69, 9.17) is 5.73 Å². The maximum atomic E-state index is 11.8. The summed E-state index contributed by atoms with van der Waals surface area (Å²) in [5.41, 5.74) is 5.76. The number of anilines is 2. The Balaban J connectivity index is 1.75. The Bertz CT molecular complexity index is 537. The van der Waals surface area contributed by atoms with Crippen molar-refractivity contribution in [3.63, 3.8) is 0 Å². The standard InChI is InChI=1S/C12H15N5O2/c13-8-2-1-5-14-9(8)17-6-3-12(4-7-17)10(18)15-11(19)16-12/h1-2,5H,3-4,6-7,13H2,(H2,15,16,18,19). The number of hydrogen-bond acceptors (Lipinski definition) is 5. The fourth-order valence-corrected chi connectivity index (χ4v) is 2.65. The van der Waals surface area contributed by atoms with Gasteiger partial charge in [0, 0.05) is 19.3 Å². The molecule has 7 heteroatoms. The lowest BCUT2D eigenvalue weighted by molar-refractivity contribution is -0.124. The van der Waals surface area contributed by atoms with Gasteiger partial charge in [0.25, 0.3) is 5.91 Å². The van der Waals surface area contributed by atoms with Gasteiger partial charge in [-0.15, -0.1) is 0 Å². The molecule has 3 heterocycles. The van der Waals surface area contributed by atoms with Crippen LogP contribution in [0, 0.1) is 0 Å². The van der Waals surface area contributed by atoms with Crippen LogP contribution in [0.5, 0.6) is 0 Å². The third-order valence-electron chi connectivity index (χ3n) is 3.75. The lowest BCUT2D eigenvalue weighted by Gasteiger charge is -2.37. The molecule has 1 spiro atoms. The van der Waals surface area contributed by atoms with Crippen LogP contribution in [0.1, 0.15) is 12.8 Å². The normalized spacial score (nSPS) is 21.4. The molecular weight excluding hydrogens is 246 g/mol. The van der Waals surface area contributed by atoms with Crippen molar-refractivity contribution in [1.29, 1.82) is 0 Å². The summed E-state index contributed by atoms with van der Waals surface area (Å²) in [6.45, 7) is 1.27. The molecular formula is C12H15N5O2. The minimum absolute atomic E-state index is 0.230. The van der Waals surface area contributed by atoms with Crippen molar-refractivity contribution in [2.75, 3.05) is 23.7 Å². The molecule has 19 heavy (non-hydrogen) atoms. The molecule has 2 saturated heterocycles. The van der Waals surface area contributed by atoms with Crippen molar-refractivity contribution in [1.82, 2.24) is 15.6 Å². The molecule has 0 radical (unpaired) electrons. The van der Waals surface area contributed by atoms with E-state index in [-0.39, 0.29) is 5.91 Å². The van der Waals surface area contributed by atoms with E-state index in [9.17, 15) is 9.59 Å². The zero-order valence-electron chi connectivity index (χ0n) is 10.3. The van der Waals surface area contributed by atoms with Crippen LogP contribution in [0.3, 0.4) is 0 Å². The van der Waals surface area contributed by atoms with E-state index < -0.39 is 11.6 Å². The van der Waals surface area contributed by atoms with E-state index >= 15 is 0 Å². The van der Waals surface area contributed by atoms with Gasteiger partial charge in [-0.05, 0) is 25.0 Å². The Morgan fingerprint density at radius 1 is 1.32 bits per heavy atom. The molecule has 0 aromatic carbocycles. The summed E-state index contributed by atoms with van der Waals surface area (Å²) in [4.78, 5) is 29.4. The number of nitrogens with zero attached hydrogens (tertiary/aromatic N) is 2. The zero-order chi connectivity index (χ0) is 13.5. The van der Waals surface area contributed by atoms with Gasteiger partial charge in [0.2, 0.25) is 0 Å². The predicted octanol–water partition coefficient (Wildman–Crippen LogP) is -0.158. The monoisotopic (exact) mass is 261 g/mol. The van der Waals surface area contributed by atoms with Gasteiger partial charge < -0.3 is 16.0 Å². The van der Waals surface area contributed by atoms with Crippen molar-refractivity contribution in [2.45, 2.75) is 18.4 Å². The number of urea groups is 1. The van der Waals surface area contributed by atoms with Crippen molar-refractivity contribution in [3.05, 3.63) is 18.3 Å². The maximum Gasteiger partial charge on any atom is 0.322 e. The van der Waals surface area contributed by atoms with Gasteiger partial charge in [0.15, 0.2) is 5.82 Å². The van der Waals surface area contributed by atoms with Gasteiger partial charge in [-0.1, -0.05) is 0 Å². The summed E-state index contributed by atoms with van der Waals surface area (Å²) >= 11 is 0.